The van der Waals surface area contributed by atoms with E-state index in [0.29, 0.717) is 0 Å². The smallest absolute Gasteiger partial charge is 0.106 e. The third-order valence-corrected chi connectivity index (χ3v) is 2.05. The monoisotopic (exact) mass is 214 g/mol. The van der Waals surface area contributed by atoms with Crippen molar-refractivity contribution in [3.05, 3.63) is 28.5 Å². The third-order valence-electron chi connectivity index (χ3n) is 1.62. The van der Waals surface area contributed by atoms with Crippen molar-refractivity contribution in [2.24, 2.45) is 5.73 Å². The van der Waals surface area contributed by atoms with Crippen LogP contribution in [-0.2, 0) is 0 Å². The molecule has 0 aliphatic rings. The first-order valence-corrected chi connectivity index (χ1v) is 4.40. The molecule has 1 rings (SSSR count). The average molecular weight is 215 g/mol. The molecule has 0 aliphatic carbocycles. The van der Waals surface area contributed by atoms with E-state index in [0.717, 1.165) is 16.6 Å². The molecule has 0 fully saturated rings. The van der Waals surface area contributed by atoms with Crippen LogP contribution in [0.1, 0.15) is 24.9 Å². The molecule has 0 saturated carbocycles. The van der Waals surface area contributed by atoms with E-state index in [1.165, 1.54) is 0 Å². The van der Waals surface area contributed by atoms with Crippen LogP contribution in [0, 0.1) is 0 Å². The van der Waals surface area contributed by atoms with E-state index in [4.69, 9.17) is 5.73 Å². The molecule has 3 heteroatoms. The lowest BCUT2D eigenvalue weighted by Gasteiger charge is -2.07. The van der Waals surface area contributed by atoms with Crippen molar-refractivity contribution in [3.63, 3.8) is 0 Å². The molecule has 0 spiro atoms. The molecule has 2 N–H and O–H groups in total. The minimum Gasteiger partial charge on any atom is -0.324 e. The van der Waals surface area contributed by atoms with Crippen molar-refractivity contribution in [2.45, 2.75) is 19.4 Å². The molecule has 1 atom stereocenters. The normalized spacial score (nSPS) is 13.0. The lowest BCUT2D eigenvalue weighted by Crippen LogP contribution is -2.08. The van der Waals surface area contributed by atoms with Crippen molar-refractivity contribution >= 4 is 15.9 Å². The van der Waals surface area contributed by atoms with E-state index in [-0.39, 0.29) is 6.04 Å². The van der Waals surface area contributed by atoms with Crippen molar-refractivity contribution in [1.82, 2.24) is 4.98 Å². The molecule has 1 aromatic heterocycles. The Labute approximate surface area is 75.0 Å². The van der Waals surface area contributed by atoms with Crippen molar-refractivity contribution in [3.8, 4) is 0 Å². The Kier molecular flexibility index (Phi) is 3.02. The molecule has 1 aromatic rings. The number of rotatable bonds is 2. The molecule has 60 valence electrons. The first-order valence-electron chi connectivity index (χ1n) is 3.61. The van der Waals surface area contributed by atoms with E-state index in [1.54, 1.807) is 6.20 Å². The van der Waals surface area contributed by atoms with Gasteiger partial charge in [0.05, 0.1) is 0 Å². The maximum Gasteiger partial charge on any atom is 0.106 e. The van der Waals surface area contributed by atoms with E-state index >= 15 is 0 Å². The Morgan fingerprint density at radius 1 is 1.73 bits per heavy atom. The van der Waals surface area contributed by atoms with Gasteiger partial charge in [0.1, 0.15) is 4.60 Å². The number of halogens is 1. The summed E-state index contributed by atoms with van der Waals surface area (Å²) < 4.78 is 0.846. The second-order valence-electron chi connectivity index (χ2n) is 2.43. The predicted octanol–water partition coefficient (Wildman–Crippen LogP) is 2.25. The van der Waals surface area contributed by atoms with Gasteiger partial charge in [0.2, 0.25) is 0 Å². The summed E-state index contributed by atoms with van der Waals surface area (Å²) in [7, 11) is 0. The zero-order chi connectivity index (χ0) is 8.27. The topological polar surface area (TPSA) is 38.9 Å². The Bertz CT molecular complexity index is 237. The Morgan fingerprint density at radius 3 is 3.00 bits per heavy atom. The van der Waals surface area contributed by atoms with Crippen LogP contribution in [0.15, 0.2) is 22.9 Å². The van der Waals surface area contributed by atoms with Gasteiger partial charge in [-0.25, -0.2) is 4.98 Å². The van der Waals surface area contributed by atoms with Crippen LogP contribution in [-0.4, -0.2) is 4.98 Å². The summed E-state index contributed by atoms with van der Waals surface area (Å²) >= 11 is 3.29. The second kappa shape index (κ2) is 3.83. The third kappa shape index (κ3) is 2.27. The van der Waals surface area contributed by atoms with Crippen LogP contribution in [0.5, 0.6) is 0 Å². The van der Waals surface area contributed by atoms with Gasteiger partial charge in [-0.15, -0.1) is 0 Å². The molecule has 0 radical (unpaired) electrons. The van der Waals surface area contributed by atoms with Crippen LogP contribution in [0.4, 0.5) is 0 Å². The summed E-state index contributed by atoms with van der Waals surface area (Å²) in [6.07, 6.45) is 2.71. The highest BCUT2D eigenvalue weighted by molar-refractivity contribution is 9.10. The highest BCUT2D eigenvalue weighted by Crippen LogP contribution is 2.15. The van der Waals surface area contributed by atoms with Crippen LogP contribution < -0.4 is 5.73 Å². The minimum absolute atomic E-state index is 0.134. The quantitative estimate of drug-likeness (QED) is 0.768. The van der Waals surface area contributed by atoms with E-state index in [9.17, 15) is 0 Å². The standard InChI is InChI=1S/C8H11BrN2/c1-2-7(10)6-3-4-11-8(9)5-6/h3-5,7H,2,10H2,1H3/t7-/m0/s1. The first-order chi connectivity index (χ1) is 5.24. The van der Waals surface area contributed by atoms with Gasteiger partial charge in [-0.05, 0) is 40.0 Å². The lowest BCUT2D eigenvalue weighted by molar-refractivity contribution is 0.696. The van der Waals surface area contributed by atoms with Gasteiger partial charge in [0, 0.05) is 12.2 Å². The fraction of sp³-hybridized carbons (Fsp3) is 0.375. The molecule has 0 unspecified atom stereocenters. The summed E-state index contributed by atoms with van der Waals surface area (Å²) in [5.74, 6) is 0. The maximum atomic E-state index is 5.81. The number of hydrogen-bond acceptors (Lipinski definition) is 2. The Morgan fingerprint density at radius 2 is 2.45 bits per heavy atom. The number of nitrogens with zero attached hydrogens (tertiary/aromatic N) is 1. The van der Waals surface area contributed by atoms with Crippen molar-refractivity contribution < 1.29 is 0 Å². The fourth-order valence-electron chi connectivity index (χ4n) is 0.884. The fourth-order valence-corrected chi connectivity index (χ4v) is 1.27. The van der Waals surface area contributed by atoms with Gasteiger partial charge >= 0.3 is 0 Å². The van der Waals surface area contributed by atoms with E-state index < -0.39 is 0 Å². The molecule has 0 amide bonds. The minimum atomic E-state index is 0.134. The summed E-state index contributed by atoms with van der Waals surface area (Å²) in [5.41, 5.74) is 6.95. The average Bonchev–Trinajstić information content (AvgIpc) is 2.03. The van der Waals surface area contributed by atoms with Crippen LogP contribution in [0.2, 0.25) is 0 Å². The molecular formula is C8H11BrN2. The summed E-state index contributed by atoms with van der Waals surface area (Å²) in [5, 5.41) is 0. The second-order valence-corrected chi connectivity index (χ2v) is 3.24. The van der Waals surface area contributed by atoms with Crippen LogP contribution in [0.3, 0.4) is 0 Å². The summed E-state index contributed by atoms with van der Waals surface area (Å²) in [6, 6.07) is 4.03. The van der Waals surface area contributed by atoms with Gasteiger partial charge in [0.15, 0.2) is 0 Å². The van der Waals surface area contributed by atoms with Crippen LogP contribution in [0.25, 0.3) is 0 Å². The molecule has 0 saturated heterocycles. The highest BCUT2D eigenvalue weighted by Gasteiger charge is 2.02. The Balaban J connectivity index is 2.86. The largest absolute Gasteiger partial charge is 0.324 e. The molecule has 2 nitrogen and oxygen atoms in total. The summed E-state index contributed by atoms with van der Waals surface area (Å²) in [4.78, 5) is 4.02. The highest BCUT2D eigenvalue weighted by atomic mass is 79.9. The van der Waals surface area contributed by atoms with Gasteiger partial charge in [-0.2, -0.15) is 0 Å². The van der Waals surface area contributed by atoms with E-state index in [2.05, 4.69) is 27.8 Å². The zero-order valence-electron chi connectivity index (χ0n) is 6.42. The predicted molar refractivity (Wildman–Crippen MR) is 49.2 cm³/mol. The number of aromatic nitrogens is 1. The molecule has 0 aromatic carbocycles. The molecule has 1 heterocycles. The molecule has 0 bridgehead atoms. The van der Waals surface area contributed by atoms with Gasteiger partial charge in [-0.3, -0.25) is 0 Å². The molecule has 0 aliphatic heterocycles. The van der Waals surface area contributed by atoms with Crippen molar-refractivity contribution in [1.29, 1.82) is 0 Å². The van der Waals surface area contributed by atoms with Gasteiger partial charge < -0.3 is 5.73 Å². The number of pyridine rings is 1. The summed E-state index contributed by atoms with van der Waals surface area (Å²) in [6.45, 7) is 2.07. The first kappa shape index (κ1) is 8.68. The zero-order valence-corrected chi connectivity index (χ0v) is 8.01. The SMILES string of the molecule is CC[C@H](N)c1ccnc(Br)c1. The van der Waals surface area contributed by atoms with Crippen LogP contribution >= 0.6 is 15.9 Å². The lowest BCUT2D eigenvalue weighted by atomic mass is 10.1. The van der Waals surface area contributed by atoms with Crippen molar-refractivity contribution in [2.75, 3.05) is 0 Å². The van der Waals surface area contributed by atoms with E-state index in [1.807, 2.05) is 12.1 Å². The number of hydrogen-bond donors (Lipinski definition) is 1. The van der Waals surface area contributed by atoms with Gasteiger partial charge in [0.25, 0.3) is 0 Å². The van der Waals surface area contributed by atoms with Gasteiger partial charge in [-0.1, -0.05) is 6.92 Å². The maximum absolute atomic E-state index is 5.81. The Hall–Kier alpha value is -0.410. The molecule has 11 heavy (non-hydrogen) atoms. The number of nitrogens with two attached hydrogens (primary N) is 1. The molecular weight excluding hydrogens is 204 g/mol.